The van der Waals surface area contributed by atoms with Gasteiger partial charge in [0.05, 0.1) is 0 Å². The first-order chi connectivity index (χ1) is 3.72. The van der Waals surface area contributed by atoms with Crippen molar-refractivity contribution >= 4 is 5.97 Å². The third kappa shape index (κ3) is 2.49. The minimum absolute atomic E-state index is 0.0235. The second-order valence-corrected chi connectivity index (χ2v) is 4.47. The quantitative estimate of drug-likeness (QED) is 0.292. The zero-order valence-electron chi connectivity index (χ0n) is 5.27. The Morgan fingerprint density at radius 2 is 2.25 bits per heavy atom. The molecule has 0 saturated carbocycles. The Labute approximate surface area is 59.9 Å². The fourth-order valence-electron chi connectivity index (χ4n) is 0.251. The summed E-state index contributed by atoms with van der Waals surface area (Å²) in [4.78, 5) is 12.6. The number of hydrogen-bond acceptors (Lipinski definition) is 2. The molecule has 0 aromatic heterocycles. The van der Waals surface area contributed by atoms with Crippen molar-refractivity contribution in [3.8, 4) is 0 Å². The zero-order chi connectivity index (χ0) is 6.57. The van der Waals surface area contributed by atoms with Crippen LogP contribution < -0.4 is 21.2 Å². The van der Waals surface area contributed by atoms with Gasteiger partial charge in [-0.1, -0.05) is 0 Å². The van der Waals surface area contributed by atoms with E-state index >= 15 is 0 Å². The van der Waals surface area contributed by atoms with Gasteiger partial charge in [0, 0.05) is 0 Å². The molecule has 0 aliphatic heterocycles. The number of esters is 1. The SMILES string of the molecule is COC(=O)C(C)[I-]C. The number of ether oxygens (including phenoxy) is 1. The number of rotatable bonds is 2. The van der Waals surface area contributed by atoms with Crippen LogP contribution in [0.15, 0.2) is 0 Å². The summed E-state index contributed by atoms with van der Waals surface area (Å²) in [7, 11) is 1.43. The molecule has 0 radical (unpaired) electrons. The van der Waals surface area contributed by atoms with E-state index < -0.39 is 0 Å². The molecule has 0 rings (SSSR count). The molecule has 0 aliphatic rings. The number of methoxy groups -OCH3 is 1. The van der Waals surface area contributed by atoms with Gasteiger partial charge in [-0.05, 0) is 0 Å². The van der Waals surface area contributed by atoms with Crippen molar-refractivity contribution in [1.82, 2.24) is 0 Å². The number of carbonyl (C=O) groups is 1. The van der Waals surface area contributed by atoms with Crippen LogP contribution in [0.2, 0.25) is 0 Å². The molecule has 0 aliphatic carbocycles. The Balaban J connectivity index is 3.46. The van der Waals surface area contributed by atoms with Gasteiger partial charge in [0.25, 0.3) is 0 Å². The molecule has 50 valence electrons. The molecule has 0 aromatic rings. The summed E-state index contributed by atoms with van der Waals surface area (Å²) in [6.45, 7) is 1.90. The van der Waals surface area contributed by atoms with Crippen LogP contribution in [0.3, 0.4) is 0 Å². The van der Waals surface area contributed by atoms with Crippen molar-refractivity contribution in [2.45, 2.75) is 10.8 Å². The van der Waals surface area contributed by atoms with Gasteiger partial charge < -0.3 is 0 Å². The normalized spacial score (nSPS) is 13.4. The maximum atomic E-state index is 10.5. The average Bonchev–Trinajstić information content (AvgIpc) is 1.84. The van der Waals surface area contributed by atoms with Gasteiger partial charge in [0.1, 0.15) is 0 Å². The molecular weight excluding hydrogens is 219 g/mol. The molecule has 0 saturated heterocycles. The Morgan fingerprint density at radius 3 is 2.38 bits per heavy atom. The Kier molecular flexibility index (Phi) is 4.22. The molecule has 1 atom stereocenters. The third-order valence-corrected chi connectivity index (χ3v) is 3.23. The molecular formula is C5H10IO2-. The first-order valence-electron chi connectivity index (χ1n) is 2.28. The first kappa shape index (κ1) is 8.20. The van der Waals surface area contributed by atoms with Gasteiger partial charge in [0.2, 0.25) is 0 Å². The fraction of sp³-hybridized carbons (Fsp3) is 0.800. The summed E-state index contributed by atoms with van der Waals surface area (Å²) in [5.74, 6) is -0.0692. The van der Waals surface area contributed by atoms with Crippen molar-refractivity contribution in [2.75, 3.05) is 12.0 Å². The number of halogens is 1. The van der Waals surface area contributed by atoms with Crippen LogP contribution >= 0.6 is 0 Å². The predicted octanol–water partition coefficient (Wildman–Crippen LogP) is -2.73. The van der Waals surface area contributed by atoms with E-state index in [4.69, 9.17) is 0 Å². The first-order valence-corrected chi connectivity index (χ1v) is 5.68. The van der Waals surface area contributed by atoms with E-state index in [0.717, 1.165) is 0 Å². The third-order valence-electron chi connectivity index (χ3n) is 0.853. The van der Waals surface area contributed by atoms with Crippen molar-refractivity contribution in [3.05, 3.63) is 0 Å². The average molecular weight is 229 g/mol. The Bertz CT molecular complexity index is 82.5. The topological polar surface area (TPSA) is 26.3 Å². The van der Waals surface area contributed by atoms with Crippen LogP contribution in [0.5, 0.6) is 0 Å². The molecule has 2 nitrogen and oxygen atoms in total. The van der Waals surface area contributed by atoms with Crippen LogP contribution in [0.1, 0.15) is 6.92 Å². The second kappa shape index (κ2) is 4.12. The molecule has 0 aromatic carbocycles. The van der Waals surface area contributed by atoms with Crippen molar-refractivity contribution in [3.63, 3.8) is 0 Å². The van der Waals surface area contributed by atoms with E-state index in [1.165, 1.54) is 7.11 Å². The summed E-state index contributed by atoms with van der Waals surface area (Å²) in [6.07, 6.45) is 0. The predicted molar refractivity (Wildman–Crippen MR) is 27.4 cm³/mol. The van der Waals surface area contributed by atoms with E-state index in [1.807, 2.05) is 6.92 Å². The minimum atomic E-state index is -0.0692. The van der Waals surface area contributed by atoms with Crippen LogP contribution in [0.25, 0.3) is 0 Å². The van der Waals surface area contributed by atoms with Gasteiger partial charge in [0.15, 0.2) is 0 Å². The maximum absolute atomic E-state index is 10.5. The van der Waals surface area contributed by atoms with Crippen molar-refractivity contribution in [2.24, 2.45) is 0 Å². The Hall–Kier alpha value is 0.200. The molecule has 8 heavy (non-hydrogen) atoms. The number of carbonyl (C=O) groups excluding carboxylic acids is 1. The van der Waals surface area contributed by atoms with Crippen LogP contribution in [0.4, 0.5) is 0 Å². The summed E-state index contributed by atoms with van der Waals surface area (Å²) in [5, 5.41) is 0. The van der Waals surface area contributed by atoms with E-state index in [0.29, 0.717) is 0 Å². The number of hydrogen-bond donors (Lipinski definition) is 0. The molecule has 0 amide bonds. The van der Waals surface area contributed by atoms with Crippen LogP contribution in [0, 0.1) is 0 Å². The monoisotopic (exact) mass is 229 g/mol. The van der Waals surface area contributed by atoms with Gasteiger partial charge in [-0.3, -0.25) is 0 Å². The molecule has 0 spiro atoms. The van der Waals surface area contributed by atoms with Gasteiger partial charge in [-0.25, -0.2) is 0 Å². The van der Waals surface area contributed by atoms with Gasteiger partial charge in [-0.15, -0.1) is 0 Å². The molecule has 3 heteroatoms. The molecule has 1 unspecified atom stereocenters. The molecule has 0 bridgehead atoms. The van der Waals surface area contributed by atoms with E-state index in [1.54, 1.807) is 0 Å². The summed E-state index contributed by atoms with van der Waals surface area (Å²) in [5.41, 5.74) is 0. The standard InChI is InChI=1S/C5H10IO2/c1-4(6-2)5(7)8-3/h4H,1-3H3/q-1. The van der Waals surface area contributed by atoms with E-state index in [2.05, 4.69) is 9.67 Å². The summed E-state index contributed by atoms with van der Waals surface area (Å²) >= 11 is 0.0235. The number of alkyl halides is 2. The van der Waals surface area contributed by atoms with Crippen molar-refractivity contribution < 1.29 is 30.7 Å². The zero-order valence-corrected chi connectivity index (χ0v) is 7.43. The molecule has 0 heterocycles. The molecule has 0 N–H and O–H groups in total. The van der Waals surface area contributed by atoms with Crippen LogP contribution in [-0.2, 0) is 9.53 Å². The summed E-state index contributed by atoms with van der Waals surface area (Å²) < 4.78 is 4.66. The Morgan fingerprint density at radius 1 is 1.75 bits per heavy atom. The van der Waals surface area contributed by atoms with Gasteiger partial charge >= 0.3 is 59.6 Å². The fourth-order valence-corrected chi connectivity index (χ4v) is 1.01. The van der Waals surface area contributed by atoms with Crippen LogP contribution in [-0.4, -0.2) is 21.9 Å². The van der Waals surface area contributed by atoms with E-state index in [-0.39, 0.29) is 31.1 Å². The van der Waals surface area contributed by atoms with Gasteiger partial charge in [-0.2, -0.15) is 0 Å². The van der Waals surface area contributed by atoms with Crippen molar-refractivity contribution in [1.29, 1.82) is 0 Å². The van der Waals surface area contributed by atoms with E-state index in [9.17, 15) is 4.79 Å². The summed E-state index contributed by atoms with van der Waals surface area (Å²) in [6, 6.07) is 0. The second-order valence-electron chi connectivity index (χ2n) is 1.36. The molecule has 0 fully saturated rings.